The summed E-state index contributed by atoms with van der Waals surface area (Å²) < 4.78 is 28.6. The Balaban J connectivity index is 1.66. The van der Waals surface area contributed by atoms with E-state index in [-0.39, 0.29) is 23.9 Å². The molecule has 0 spiro atoms. The van der Waals surface area contributed by atoms with E-state index in [1.54, 1.807) is 19.1 Å². The average molecular weight is 425 g/mol. The van der Waals surface area contributed by atoms with Gasteiger partial charge in [0, 0.05) is 22.9 Å². The summed E-state index contributed by atoms with van der Waals surface area (Å²) in [6, 6.07) is 6.20. The Morgan fingerprint density at radius 1 is 1.29 bits per heavy atom. The molecule has 1 fully saturated rings. The van der Waals surface area contributed by atoms with Gasteiger partial charge in [-0.25, -0.2) is 18.4 Å². The molecule has 2 heterocycles. The molecule has 0 saturated heterocycles. The van der Waals surface area contributed by atoms with E-state index in [1.807, 2.05) is 0 Å². The van der Waals surface area contributed by atoms with Crippen molar-refractivity contribution in [1.82, 2.24) is 14.8 Å². The number of aryl methyl sites for hydroxylation is 1. The summed E-state index contributed by atoms with van der Waals surface area (Å²) in [5.74, 6) is -0.171. The van der Waals surface area contributed by atoms with Crippen LogP contribution in [0.4, 0.5) is 14.5 Å². The minimum absolute atomic E-state index is 0.0828. The zero-order valence-electron chi connectivity index (χ0n) is 14.8. The van der Waals surface area contributed by atoms with Gasteiger partial charge in [0.15, 0.2) is 5.65 Å². The van der Waals surface area contributed by atoms with Crippen LogP contribution in [0.2, 0.25) is 10.0 Å². The fourth-order valence-electron chi connectivity index (χ4n) is 3.19. The molecule has 1 N–H and O–H groups in total. The van der Waals surface area contributed by atoms with Gasteiger partial charge in [-0.3, -0.25) is 4.79 Å². The highest BCUT2D eigenvalue weighted by atomic mass is 35.5. The number of carbonyl (C=O) groups excluding carboxylic acids is 1. The number of rotatable bonds is 5. The van der Waals surface area contributed by atoms with E-state index in [1.165, 1.54) is 16.8 Å². The molecule has 28 heavy (non-hydrogen) atoms. The highest BCUT2D eigenvalue weighted by Gasteiger charge is 2.29. The molecule has 0 bridgehead atoms. The molecule has 3 aromatic rings. The van der Waals surface area contributed by atoms with E-state index in [4.69, 9.17) is 23.2 Å². The minimum Gasteiger partial charge on any atom is -0.324 e. The predicted octanol–water partition coefficient (Wildman–Crippen LogP) is 5.50. The number of pyridine rings is 1. The standard InChI is InChI=1S/C19H16Cl2F2N4O/c1-9-17-12(18(22)23)7-15(10-2-3-10)25-19(17)27(26-9)8-16(28)24-11-4-5-13(20)14(21)6-11/h4-7,10,18H,2-3,8H2,1H3,(H,24,28). The molecule has 1 aliphatic carbocycles. The van der Waals surface area contributed by atoms with E-state index < -0.39 is 6.43 Å². The maximum Gasteiger partial charge on any atom is 0.264 e. The molecule has 1 aliphatic rings. The van der Waals surface area contributed by atoms with Crippen LogP contribution in [0.15, 0.2) is 24.3 Å². The number of hydrogen-bond donors (Lipinski definition) is 1. The number of nitrogens with zero attached hydrogens (tertiary/aromatic N) is 3. The molecule has 4 rings (SSSR count). The Bertz CT molecular complexity index is 1080. The molecule has 0 radical (unpaired) electrons. The van der Waals surface area contributed by atoms with Gasteiger partial charge in [0.05, 0.1) is 21.1 Å². The van der Waals surface area contributed by atoms with E-state index in [0.29, 0.717) is 38.2 Å². The SMILES string of the molecule is Cc1nn(CC(=O)Nc2ccc(Cl)c(Cl)c2)c2nc(C3CC3)cc(C(F)F)c12. The van der Waals surface area contributed by atoms with Gasteiger partial charge in [-0.1, -0.05) is 23.2 Å². The second-order valence-electron chi connectivity index (χ2n) is 6.83. The van der Waals surface area contributed by atoms with E-state index >= 15 is 0 Å². The first-order valence-electron chi connectivity index (χ1n) is 8.74. The molecule has 1 saturated carbocycles. The van der Waals surface area contributed by atoms with Crippen molar-refractivity contribution in [3.05, 3.63) is 51.3 Å². The third-order valence-electron chi connectivity index (χ3n) is 4.66. The molecule has 1 amide bonds. The van der Waals surface area contributed by atoms with E-state index in [0.717, 1.165) is 12.8 Å². The number of carbonyl (C=O) groups is 1. The van der Waals surface area contributed by atoms with Gasteiger partial charge >= 0.3 is 0 Å². The van der Waals surface area contributed by atoms with Crippen molar-refractivity contribution in [1.29, 1.82) is 0 Å². The lowest BCUT2D eigenvalue weighted by Crippen LogP contribution is -2.20. The maximum absolute atomic E-state index is 13.6. The topological polar surface area (TPSA) is 59.8 Å². The number of anilines is 1. The monoisotopic (exact) mass is 424 g/mol. The first-order valence-corrected chi connectivity index (χ1v) is 9.50. The van der Waals surface area contributed by atoms with Crippen molar-refractivity contribution in [2.24, 2.45) is 0 Å². The van der Waals surface area contributed by atoms with Crippen molar-refractivity contribution in [2.75, 3.05) is 5.32 Å². The third-order valence-corrected chi connectivity index (χ3v) is 5.39. The van der Waals surface area contributed by atoms with Crippen LogP contribution in [0, 0.1) is 6.92 Å². The van der Waals surface area contributed by atoms with Crippen LogP contribution in [0.5, 0.6) is 0 Å². The molecule has 5 nitrogen and oxygen atoms in total. The van der Waals surface area contributed by atoms with Gasteiger partial charge in [-0.15, -0.1) is 0 Å². The number of amides is 1. The lowest BCUT2D eigenvalue weighted by atomic mass is 10.1. The third kappa shape index (κ3) is 3.69. The van der Waals surface area contributed by atoms with Gasteiger partial charge in [0.1, 0.15) is 6.54 Å². The van der Waals surface area contributed by atoms with Crippen molar-refractivity contribution >= 4 is 45.8 Å². The number of nitrogens with one attached hydrogen (secondary N) is 1. The maximum atomic E-state index is 13.6. The molecule has 0 unspecified atom stereocenters. The largest absolute Gasteiger partial charge is 0.324 e. The molecule has 1 aromatic carbocycles. The Morgan fingerprint density at radius 3 is 2.68 bits per heavy atom. The predicted molar refractivity (Wildman–Crippen MR) is 104 cm³/mol. The highest BCUT2D eigenvalue weighted by Crippen LogP contribution is 2.41. The normalized spacial score (nSPS) is 14.1. The van der Waals surface area contributed by atoms with Crippen molar-refractivity contribution in [3.63, 3.8) is 0 Å². The average Bonchev–Trinajstić information content (AvgIpc) is 3.44. The number of alkyl halides is 2. The molecular formula is C19H16Cl2F2N4O. The first kappa shape index (κ1) is 19.1. The molecule has 2 aromatic heterocycles. The Labute approximate surface area is 169 Å². The van der Waals surface area contributed by atoms with Crippen molar-refractivity contribution < 1.29 is 13.6 Å². The summed E-state index contributed by atoms with van der Waals surface area (Å²) in [6.45, 7) is 1.48. The Hall–Kier alpha value is -2.25. The van der Waals surface area contributed by atoms with Crippen LogP contribution in [0.25, 0.3) is 11.0 Å². The molecular weight excluding hydrogens is 409 g/mol. The van der Waals surface area contributed by atoms with Crippen LogP contribution in [0.1, 0.15) is 42.1 Å². The van der Waals surface area contributed by atoms with Crippen LogP contribution in [0.3, 0.4) is 0 Å². The Kier molecular flexibility index (Phi) is 4.97. The number of halogens is 4. The van der Waals surface area contributed by atoms with Crippen LogP contribution >= 0.6 is 23.2 Å². The summed E-state index contributed by atoms with van der Waals surface area (Å²) in [7, 11) is 0. The zero-order valence-corrected chi connectivity index (χ0v) is 16.4. The van der Waals surface area contributed by atoms with Gasteiger partial charge in [0.25, 0.3) is 6.43 Å². The smallest absolute Gasteiger partial charge is 0.264 e. The van der Waals surface area contributed by atoms with Crippen LogP contribution in [-0.4, -0.2) is 20.7 Å². The van der Waals surface area contributed by atoms with Crippen LogP contribution in [-0.2, 0) is 11.3 Å². The van der Waals surface area contributed by atoms with Gasteiger partial charge in [0.2, 0.25) is 5.91 Å². The van der Waals surface area contributed by atoms with E-state index in [9.17, 15) is 13.6 Å². The lowest BCUT2D eigenvalue weighted by Gasteiger charge is -2.09. The fourth-order valence-corrected chi connectivity index (χ4v) is 3.49. The summed E-state index contributed by atoms with van der Waals surface area (Å²) in [5.41, 5.74) is 1.76. The molecule has 9 heteroatoms. The summed E-state index contributed by atoms with van der Waals surface area (Å²) in [6.07, 6.45) is -0.762. The van der Waals surface area contributed by atoms with Crippen LogP contribution < -0.4 is 5.32 Å². The summed E-state index contributed by atoms with van der Waals surface area (Å²) in [4.78, 5) is 17.0. The first-order chi connectivity index (χ1) is 13.3. The van der Waals surface area contributed by atoms with Gasteiger partial charge in [-0.05, 0) is 44.0 Å². The highest BCUT2D eigenvalue weighted by molar-refractivity contribution is 6.42. The number of aromatic nitrogens is 3. The minimum atomic E-state index is -2.63. The molecule has 0 aliphatic heterocycles. The second-order valence-corrected chi connectivity index (χ2v) is 7.64. The fraction of sp³-hybridized carbons (Fsp3) is 0.316. The Morgan fingerprint density at radius 2 is 2.04 bits per heavy atom. The van der Waals surface area contributed by atoms with Crippen molar-refractivity contribution in [2.45, 2.75) is 38.7 Å². The quantitative estimate of drug-likeness (QED) is 0.587. The number of fused-ring (bicyclic) bond motifs is 1. The zero-order chi connectivity index (χ0) is 20.0. The number of benzene rings is 1. The summed E-state index contributed by atoms with van der Waals surface area (Å²) in [5, 5.41) is 7.98. The second kappa shape index (κ2) is 7.29. The van der Waals surface area contributed by atoms with Gasteiger partial charge < -0.3 is 5.32 Å². The lowest BCUT2D eigenvalue weighted by molar-refractivity contribution is -0.116. The molecule has 146 valence electrons. The number of hydrogen-bond acceptors (Lipinski definition) is 3. The summed E-state index contributed by atoms with van der Waals surface area (Å²) >= 11 is 11.8. The van der Waals surface area contributed by atoms with E-state index in [2.05, 4.69) is 15.4 Å². The molecule has 0 atom stereocenters. The van der Waals surface area contributed by atoms with Crippen molar-refractivity contribution in [3.8, 4) is 0 Å². The van der Waals surface area contributed by atoms with Gasteiger partial charge in [-0.2, -0.15) is 5.10 Å².